The summed E-state index contributed by atoms with van der Waals surface area (Å²) in [5, 5.41) is 4.04. The number of methoxy groups -OCH3 is 1. The van der Waals surface area contributed by atoms with Crippen molar-refractivity contribution in [2.75, 3.05) is 39.9 Å². The number of piperazine rings is 1. The zero-order valence-electron chi connectivity index (χ0n) is 13.7. The van der Waals surface area contributed by atoms with Gasteiger partial charge >= 0.3 is 0 Å². The normalized spacial score (nSPS) is 17.7. The molecule has 1 amide bonds. The number of rotatable bonds is 7. The minimum absolute atomic E-state index is 0.0504. The maximum Gasteiger partial charge on any atom is 0.248 e. The van der Waals surface area contributed by atoms with E-state index in [1.165, 1.54) is 0 Å². The van der Waals surface area contributed by atoms with Gasteiger partial charge in [-0.1, -0.05) is 18.5 Å². The molecule has 1 fully saturated rings. The number of nitrogens with zero attached hydrogens (tertiary/aromatic N) is 4. The zero-order valence-corrected chi connectivity index (χ0v) is 13.7. The van der Waals surface area contributed by atoms with Crippen LogP contribution in [0, 0.1) is 0 Å². The third kappa shape index (κ3) is 4.27. The van der Waals surface area contributed by atoms with Crippen LogP contribution in [0.5, 0.6) is 0 Å². The Balaban J connectivity index is 1.85. The maximum absolute atomic E-state index is 11.8. The molecule has 1 saturated heterocycles. The Morgan fingerprint density at radius 1 is 1.36 bits per heavy atom. The molecule has 0 saturated carbocycles. The summed E-state index contributed by atoms with van der Waals surface area (Å²) in [5.41, 5.74) is 0. The van der Waals surface area contributed by atoms with Gasteiger partial charge in [0.15, 0.2) is 5.82 Å². The van der Waals surface area contributed by atoms with Crippen molar-refractivity contribution in [3.8, 4) is 0 Å². The molecule has 1 aliphatic rings. The van der Waals surface area contributed by atoms with Gasteiger partial charge in [-0.05, 0) is 13.3 Å². The molecule has 7 nitrogen and oxygen atoms in total. The molecule has 1 aromatic rings. The summed E-state index contributed by atoms with van der Waals surface area (Å²) in [6.07, 6.45) is 3.07. The molecule has 1 aliphatic heterocycles. The first-order chi connectivity index (χ1) is 10.7. The number of hydrogen-bond acceptors (Lipinski definition) is 6. The number of aromatic nitrogens is 2. The molecular formula is C15H26N4O3. The van der Waals surface area contributed by atoms with E-state index in [1.807, 2.05) is 4.90 Å². The Morgan fingerprint density at radius 3 is 2.73 bits per heavy atom. The van der Waals surface area contributed by atoms with Crippen molar-refractivity contribution < 1.29 is 14.1 Å². The van der Waals surface area contributed by atoms with Gasteiger partial charge < -0.3 is 14.2 Å². The Bertz CT molecular complexity index is 469. The average molecular weight is 310 g/mol. The van der Waals surface area contributed by atoms with Crippen LogP contribution in [0.25, 0.3) is 0 Å². The lowest BCUT2D eigenvalue weighted by molar-refractivity contribution is -0.137. The number of aryl methyl sites for hydroxylation is 1. The van der Waals surface area contributed by atoms with Gasteiger partial charge in [-0.15, -0.1) is 0 Å². The van der Waals surface area contributed by atoms with E-state index in [9.17, 15) is 4.79 Å². The molecule has 0 bridgehead atoms. The standard InChI is InChI=1S/C15H26N4O3/c1-4-5-6-13-16-15(22-17-13)12(2)18-7-9-19(10-8-18)14(20)11-21-3/h12H,4-11H2,1-3H3/t12-/m0/s1. The molecule has 0 unspecified atom stereocenters. The molecule has 1 aromatic heterocycles. The molecule has 2 rings (SSSR count). The van der Waals surface area contributed by atoms with Crippen LogP contribution in [0.3, 0.4) is 0 Å². The van der Waals surface area contributed by atoms with E-state index in [0.29, 0.717) is 19.0 Å². The second kappa shape index (κ2) is 8.24. The lowest BCUT2D eigenvalue weighted by Crippen LogP contribution is -2.50. The van der Waals surface area contributed by atoms with E-state index in [1.54, 1.807) is 7.11 Å². The Hall–Kier alpha value is -1.47. The first-order valence-electron chi connectivity index (χ1n) is 7.99. The quantitative estimate of drug-likeness (QED) is 0.755. The largest absolute Gasteiger partial charge is 0.375 e. The van der Waals surface area contributed by atoms with Crippen LogP contribution < -0.4 is 0 Å². The van der Waals surface area contributed by atoms with Crippen LogP contribution >= 0.6 is 0 Å². The lowest BCUT2D eigenvalue weighted by Gasteiger charge is -2.36. The Morgan fingerprint density at radius 2 is 2.09 bits per heavy atom. The molecule has 7 heteroatoms. The number of carbonyl (C=O) groups excluding carboxylic acids is 1. The highest BCUT2D eigenvalue weighted by Gasteiger charge is 2.27. The number of unbranched alkanes of at least 4 members (excludes halogenated alkanes) is 1. The van der Waals surface area contributed by atoms with Crippen molar-refractivity contribution in [2.45, 2.75) is 39.2 Å². The first kappa shape index (κ1) is 16.9. The second-order valence-corrected chi connectivity index (χ2v) is 5.68. The fraction of sp³-hybridized carbons (Fsp3) is 0.800. The van der Waals surface area contributed by atoms with Crippen molar-refractivity contribution in [2.24, 2.45) is 0 Å². The van der Waals surface area contributed by atoms with E-state index in [2.05, 4.69) is 28.9 Å². The minimum Gasteiger partial charge on any atom is -0.375 e. The minimum atomic E-state index is 0.0504. The fourth-order valence-corrected chi connectivity index (χ4v) is 2.60. The van der Waals surface area contributed by atoms with Gasteiger partial charge in [0, 0.05) is 39.7 Å². The highest BCUT2D eigenvalue weighted by molar-refractivity contribution is 5.77. The van der Waals surface area contributed by atoms with Crippen LogP contribution in [-0.4, -0.2) is 65.7 Å². The third-order valence-electron chi connectivity index (χ3n) is 4.08. The molecule has 124 valence electrons. The fourth-order valence-electron chi connectivity index (χ4n) is 2.60. The molecule has 0 N–H and O–H groups in total. The molecular weight excluding hydrogens is 284 g/mol. The van der Waals surface area contributed by atoms with Gasteiger partial charge in [-0.2, -0.15) is 4.98 Å². The van der Waals surface area contributed by atoms with Crippen LogP contribution in [0.2, 0.25) is 0 Å². The van der Waals surface area contributed by atoms with E-state index in [0.717, 1.165) is 38.2 Å². The monoisotopic (exact) mass is 310 g/mol. The summed E-state index contributed by atoms with van der Waals surface area (Å²) in [4.78, 5) is 20.4. The Kier molecular flexibility index (Phi) is 6.33. The number of ether oxygens (including phenoxy) is 1. The molecule has 0 spiro atoms. The van der Waals surface area contributed by atoms with Crippen LogP contribution in [0.1, 0.15) is 44.4 Å². The lowest BCUT2D eigenvalue weighted by atomic mass is 10.2. The van der Waals surface area contributed by atoms with E-state index in [-0.39, 0.29) is 18.6 Å². The molecule has 22 heavy (non-hydrogen) atoms. The summed E-state index contributed by atoms with van der Waals surface area (Å²) in [6.45, 7) is 7.41. The third-order valence-corrected chi connectivity index (χ3v) is 4.08. The van der Waals surface area contributed by atoms with Crippen LogP contribution in [-0.2, 0) is 16.0 Å². The summed E-state index contributed by atoms with van der Waals surface area (Å²) in [5.74, 6) is 1.51. The van der Waals surface area contributed by atoms with Gasteiger partial charge in [0.2, 0.25) is 11.8 Å². The molecule has 0 aromatic carbocycles. The van der Waals surface area contributed by atoms with Gasteiger partial charge in [-0.3, -0.25) is 9.69 Å². The van der Waals surface area contributed by atoms with E-state index < -0.39 is 0 Å². The van der Waals surface area contributed by atoms with Crippen molar-refractivity contribution >= 4 is 5.91 Å². The summed E-state index contributed by atoms with van der Waals surface area (Å²) < 4.78 is 10.3. The number of hydrogen-bond donors (Lipinski definition) is 0. The highest BCUT2D eigenvalue weighted by atomic mass is 16.5. The van der Waals surface area contributed by atoms with Crippen molar-refractivity contribution in [1.82, 2.24) is 19.9 Å². The average Bonchev–Trinajstić information content (AvgIpc) is 3.01. The topological polar surface area (TPSA) is 71.7 Å². The Labute approximate surface area is 131 Å². The molecule has 0 aliphatic carbocycles. The smallest absolute Gasteiger partial charge is 0.248 e. The van der Waals surface area contributed by atoms with Crippen molar-refractivity contribution in [3.63, 3.8) is 0 Å². The predicted octanol–water partition coefficient (Wildman–Crippen LogP) is 1.26. The van der Waals surface area contributed by atoms with Gasteiger partial charge in [0.05, 0.1) is 6.04 Å². The summed E-state index contributed by atoms with van der Waals surface area (Å²) >= 11 is 0. The van der Waals surface area contributed by atoms with E-state index >= 15 is 0 Å². The first-order valence-corrected chi connectivity index (χ1v) is 7.99. The molecule has 1 atom stereocenters. The zero-order chi connectivity index (χ0) is 15.9. The highest BCUT2D eigenvalue weighted by Crippen LogP contribution is 2.20. The van der Waals surface area contributed by atoms with Gasteiger partial charge in [0.1, 0.15) is 6.61 Å². The summed E-state index contributed by atoms with van der Waals surface area (Å²) in [7, 11) is 1.54. The van der Waals surface area contributed by atoms with E-state index in [4.69, 9.17) is 9.26 Å². The van der Waals surface area contributed by atoms with Crippen molar-refractivity contribution in [3.05, 3.63) is 11.7 Å². The van der Waals surface area contributed by atoms with Gasteiger partial charge in [-0.25, -0.2) is 0 Å². The predicted molar refractivity (Wildman–Crippen MR) is 81.4 cm³/mol. The van der Waals surface area contributed by atoms with Gasteiger partial charge in [0.25, 0.3) is 0 Å². The SMILES string of the molecule is CCCCc1noc([C@H](C)N2CCN(C(=O)COC)CC2)n1. The molecule has 2 heterocycles. The molecule has 0 radical (unpaired) electrons. The second-order valence-electron chi connectivity index (χ2n) is 5.68. The van der Waals surface area contributed by atoms with Crippen LogP contribution in [0.15, 0.2) is 4.52 Å². The summed E-state index contributed by atoms with van der Waals surface area (Å²) in [6, 6.07) is 0.0857. The maximum atomic E-state index is 11.8. The number of amides is 1. The van der Waals surface area contributed by atoms with Crippen LogP contribution in [0.4, 0.5) is 0 Å². The van der Waals surface area contributed by atoms with Crippen molar-refractivity contribution in [1.29, 1.82) is 0 Å². The number of carbonyl (C=O) groups is 1.